The number of hydrazine groups is 1. The molecule has 0 atom stereocenters. The summed E-state index contributed by atoms with van der Waals surface area (Å²) in [4.78, 5) is 18.2. The fraction of sp³-hybridized carbons (Fsp3) is 0.667. The lowest BCUT2D eigenvalue weighted by Gasteiger charge is -2.08. The molecule has 1 aromatic rings. The predicted molar refractivity (Wildman–Crippen MR) is 76.0 cm³/mol. The number of nitro groups is 1. The van der Waals surface area contributed by atoms with Crippen LogP contribution in [0.15, 0.2) is 6.20 Å². The summed E-state index contributed by atoms with van der Waals surface area (Å²) in [6.07, 6.45) is 1.15. The molecule has 1 aromatic heterocycles. The van der Waals surface area contributed by atoms with E-state index in [1.165, 1.54) is 0 Å². The van der Waals surface area contributed by atoms with E-state index in [9.17, 15) is 10.1 Å². The number of hydrogen-bond donors (Lipinski definition) is 3. The van der Waals surface area contributed by atoms with Gasteiger partial charge in [-0.2, -0.15) is 4.98 Å². The topological polar surface area (TPSA) is 119 Å². The van der Waals surface area contributed by atoms with E-state index in [-0.39, 0.29) is 28.3 Å². The minimum atomic E-state index is -0.508. The third kappa shape index (κ3) is 2.15. The average molecular weight is 280 g/mol. The summed E-state index contributed by atoms with van der Waals surface area (Å²) < 4.78 is 0. The minimum Gasteiger partial charge on any atom is -0.364 e. The van der Waals surface area contributed by atoms with E-state index in [1.807, 2.05) is 0 Å². The van der Waals surface area contributed by atoms with Crippen LogP contribution in [0.3, 0.4) is 0 Å². The molecule has 1 fully saturated rings. The van der Waals surface area contributed by atoms with Crippen molar-refractivity contribution >= 4 is 17.5 Å². The van der Waals surface area contributed by atoms with E-state index < -0.39 is 4.92 Å². The molecule has 1 heterocycles. The number of nitrogens with zero attached hydrogens (tertiary/aromatic N) is 3. The van der Waals surface area contributed by atoms with Crippen LogP contribution in [0.5, 0.6) is 0 Å². The SMILES string of the molecule is CC1(C)C(CNc2nc(NN)ncc2[N+](=O)[O-])C1(C)C. The second kappa shape index (κ2) is 4.55. The quantitative estimate of drug-likeness (QED) is 0.427. The van der Waals surface area contributed by atoms with Gasteiger partial charge in [0, 0.05) is 6.54 Å². The van der Waals surface area contributed by atoms with Crippen LogP contribution >= 0.6 is 0 Å². The molecular formula is C12H20N6O2. The van der Waals surface area contributed by atoms with Crippen molar-refractivity contribution < 1.29 is 4.92 Å². The zero-order chi connectivity index (χ0) is 15.1. The van der Waals surface area contributed by atoms with Gasteiger partial charge in [-0.25, -0.2) is 10.8 Å². The average Bonchev–Trinajstić information content (AvgIpc) is 2.76. The monoisotopic (exact) mass is 280 g/mol. The summed E-state index contributed by atoms with van der Waals surface area (Å²) in [6, 6.07) is 0. The highest BCUT2D eigenvalue weighted by Gasteiger charge is 2.64. The lowest BCUT2D eigenvalue weighted by molar-refractivity contribution is -0.384. The van der Waals surface area contributed by atoms with Gasteiger partial charge in [0.2, 0.25) is 11.8 Å². The third-order valence-electron chi connectivity index (χ3n) is 4.89. The zero-order valence-corrected chi connectivity index (χ0v) is 12.1. The molecule has 0 radical (unpaired) electrons. The van der Waals surface area contributed by atoms with Crippen LogP contribution in [0.4, 0.5) is 17.5 Å². The number of hydrogen-bond acceptors (Lipinski definition) is 7. The molecule has 8 heteroatoms. The van der Waals surface area contributed by atoms with Gasteiger partial charge in [-0.1, -0.05) is 27.7 Å². The number of aromatic nitrogens is 2. The van der Waals surface area contributed by atoms with Crippen LogP contribution in [0.25, 0.3) is 0 Å². The highest BCUT2D eigenvalue weighted by atomic mass is 16.6. The van der Waals surface area contributed by atoms with Gasteiger partial charge in [0.1, 0.15) is 6.20 Å². The first-order valence-corrected chi connectivity index (χ1v) is 6.43. The van der Waals surface area contributed by atoms with E-state index in [1.54, 1.807) is 0 Å². The highest BCUT2D eigenvalue weighted by Crippen LogP contribution is 2.68. The zero-order valence-electron chi connectivity index (χ0n) is 12.1. The maximum absolute atomic E-state index is 11.0. The molecule has 20 heavy (non-hydrogen) atoms. The Labute approximate surface area is 117 Å². The summed E-state index contributed by atoms with van der Waals surface area (Å²) in [5, 5.41) is 14.0. The normalized spacial score (nSPS) is 19.4. The molecule has 1 aliphatic carbocycles. The van der Waals surface area contributed by atoms with Gasteiger partial charge in [-0.05, 0) is 16.7 Å². The van der Waals surface area contributed by atoms with Crippen molar-refractivity contribution in [3.63, 3.8) is 0 Å². The summed E-state index contributed by atoms with van der Waals surface area (Å²) in [5.74, 6) is 5.99. The number of nitrogens with two attached hydrogens (primary N) is 1. The Balaban J connectivity index is 2.15. The molecule has 4 N–H and O–H groups in total. The molecule has 0 spiro atoms. The fourth-order valence-corrected chi connectivity index (χ4v) is 2.75. The molecule has 1 saturated carbocycles. The lowest BCUT2D eigenvalue weighted by Crippen LogP contribution is -2.15. The standard InChI is InChI=1S/C12H20N6O2/c1-11(2)8(12(11,3)4)6-14-9-7(18(19)20)5-15-10(16-9)17-13/h5,8H,6,13H2,1-4H3,(H2,14,15,16,17). The van der Waals surface area contributed by atoms with Crippen molar-refractivity contribution in [3.05, 3.63) is 16.3 Å². The summed E-state index contributed by atoms with van der Waals surface area (Å²) >= 11 is 0. The minimum absolute atomic E-state index is 0.146. The Kier molecular flexibility index (Phi) is 3.29. The molecule has 0 unspecified atom stereocenters. The smallest absolute Gasteiger partial charge is 0.329 e. The lowest BCUT2D eigenvalue weighted by atomic mass is 10.0. The largest absolute Gasteiger partial charge is 0.364 e. The highest BCUT2D eigenvalue weighted by molar-refractivity contribution is 5.57. The van der Waals surface area contributed by atoms with Gasteiger partial charge >= 0.3 is 5.69 Å². The van der Waals surface area contributed by atoms with Crippen molar-refractivity contribution in [2.45, 2.75) is 27.7 Å². The number of nitrogen functional groups attached to an aromatic ring is 1. The van der Waals surface area contributed by atoms with Crippen molar-refractivity contribution in [2.75, 3.05) is 17.3 Å². The van der Waals surface area contributed by atoms with Crippen LogP contribution in [-0.4, -0.2) is 21.4 Å². The van der Waals surface area contributed by atoms with Crippen LogP contribution in [-0.2, 0) is 0 Å². The van der Waals surface area contributed by atoms with E-state index in [0.29, 0.717) is 12.5 Å². The molecule has 8 nitrogen and oxygen atoms in total. The van der Waals surface area contributed by atoms with Crippen molar-refractivity contribution in [2.24, 2.45) is 22.6 Å². The van der Waals surface area contributed by atoms with Crippen molar-refractivity contribution in [3.8, 4) is 0 Å². The second-order valence-corrected chi connectivity index (χ2v) is 6.21. The van der Waals surface area contributed by atoms with E-state index in [0.717, 1.165) is 6.20 Å². The maximum atomic E-state index is 11.0. The summed E-state index contributed by atoms with van der Waals surface area (Å²) in [7, 11) is 0. The van der Waals surface area contributed by atoms with E-state index in [4.69, 9.17) is 5.84 Å². The Morgan fingerprint density at radius 1 is 1.40 bits per heavy atom. The molecule has 110 valence electrons. The Hall–Kier alpha value is -1.96. The van der Waals surface area contributed by atoms with Crippen LogP contribution in [0.2, 0.25) is 0 Å². The number of nitrogens with one attached hydrogen (secondary N) is 2. The first-order valence-electron chi connectivity index (χ1n) is 6.43. The molecule has 0 aliphatic heterocycles. The fourth-order valence-electron chi connectivity index (χ4n) is 2.75. The Morgan fingerprint density at radius 3 is 2.45 bits per heavy atom. The van der Waals surface area contributed by atoms with Crippen LogP contribution in [0.1, 0.15) is 27.7 Å². The van der Waals surface area contributed by atoms with Gasteiger partial charge in [-0.15, -0.1) is 0 Å². The van der Waals surface area contributed by atoms with Crippen LogP contribution in [0, 0.1) is 26.9 Å². The van der Waals surface area contributed by atoms with E-state index in [2.05, 4.69) is 48.4 Å². The molecule has 2 rings (SSSR count). The predicted octanol–water partition coefficient (Wildman–Crippen LogP) is 1.76. The van der Waals surface area contributed by atoms with Crippen molar-refractivity contribution in [1.29, 1.82) is 0 Å². The first kappa shape index (κ1) is 14.4. The number of rotatable bonds is 5. The Morgan fingerprint density at radius 2 is 2.00 bits per heavy atom. The van der Waals surface area contributed by atoms with Gasteiger partial charge in [0.25, 0.3) is 0 Å². The maximum Gasteiger partial charge on any atom is 0.329 e. The van der Waals surface area contributed by atoms with E-state index >= 15 is 0 Å². The number of anilines is 2. The second-order valence-electron chi connectivity index (χ2n) is 6.21. The van der Waals surface area contributed by atoms with Gasteiger partial charge in [-0.3, -0.25) is 15.5 Å². The molecule has 0 bridgehead atoms. The molecule has 0 saturated heterocycles. The molecule has 1 aliphatic rings. The summed E-state index contributed by atoms with van der Waals surface area (Å²) in [5.41, 5.74) is 2.54. The third-order valence-corrected chi connectivity index (χ3v) is 4.89. The van der Waals surface area contributed by atoms with Crippen molar-refractivity contribution in [1.82, 2.24) is 9.97 Å². The molecule has 0 aromatic carbocycles. The first-order chi connectivity index (χ1) is 9.21. The van der Waals surface area contributed by atoms with Gasteiger partial charge in [0.15, 0.2) is 0 Å². The molecule has 0 amide bonds. The Bertz CT molecular complexity index is 529. The van der Waals surface area contributed by atoms with Crippen LogP contribution < -0.4 is 16.6 Å². The van der Waals surface area contributed by atoms with Gasteiger partial charge < -0.3 is 5.32 Å². The van der Waals surface area contributed by atoms with Gasteiger partial charge in [0.05, 0.1) is 4.92 Å². The summed E-state index contributed by atoms with van der Waals surface area (Å²) in [6.45, 7) is 9.41. The molecular weight excluding hydrogens is 260 g/mol.